The van der Waals surface area contributed by atoms with Gasteiger partial charge in [-0.25, -0.2) is 28.7 Å². The molecule has 4 aromatic rings. The summed E-state index contributed by atoms with van der Waals surface area (Å²) in [5, 5.41) is 36.1. The molecule has 96 heavy (non-hydrogen) atoms. The Balaban J connectivity index is 1.04. The van der Waals surface area contributed by atoms with Crippen LogP contribution >= 0.6 is 0 Å². The zero-order valence-corrected chi connectivity index (χ0v) is 56.4. The second-order valence-corrected chi connectivity index (χ2v) is 26.2. The summed E-state index contributed by atoms with van der Waals surface area (Å²) in [6, 6.07) is 17.5. The third-order valence-electron chi connectivity index (χ3n) is 18.6. The van der Waals surface area contributed by atoms with Gasteiger partial charge < -0.3 is 30.3 Å². The van der Waals surface area contributed by atoms with Gasteiger partial charge in [-0.05, 0) is 134 Å². The molecule has 16 nitrogen and oxygen atoms in total. The SMILES string of the molecule is O=C(O)CCCCCCCCCN1C=CC(=C2C3=NC(=C(c4cc[n+](CCCCCCCCCC(=O)O)cc4)C4=NC(=C(c5cc[n+](CCCCCCCCCC(=O)O)cc5)c5ccc([nH]5)C(c5cc[n+](CCCCCCCCCC(=O)O)cc5)=C5C=CC2=N5)C=C4)C=C3)C=C1. The summed E-state index contributed by atoms with van der Waals surface area (Å²) in [6.07, 6.45) is 64.3. The minimum atomic E-state index is -0.719. The molecule has 0 unspecified atom stereocenters. The van der Waals surface area contributed by atoms with E-state index in [1.165, 1.54) is 0 Å². The third kappa shape index (κ3) is 22.6. The van der Waals surface area contributed by atoms with Crippen LogP contribution in [0.4, 0.5) is 0 Å². The van der Waals surface area contributed by atoms with Crippen molar-refractivity contribution in [3.05, 3.63) is 203 Å². The van der Waals surface area contributed by atoms with Crippen LogP contribution in [0.5, 0.6) is 0 Å². The molecule has 0 saturated carbocycles. The summed E-state index contributed by atoms with van der Waals surface area (Å²) >= 11 is 0. The Morgan fingerprint density at radius 2 is 0.604 bits per heavy atom. The number of nitrogens with one attached hydrogen (secondary N) is 1. The van der Waals surface area contributed by atoms with Crippen molar-refractivity contribution >= 4 is 57.7 Å². The van der Waals surface area contributed by atoms with Crippen molar-refractivity contribution in [3.63, 3.8) is 0 Å². The number of H-pyrrole nitrogens is 1. The van der Waals surface area contributed by atoms with Crippen LogP contribution in [-0.2, 0) is 38.8 Å². The van der Waals surface area contributed by atoms with Crippen molar-refractivity contribution in [1.82, 2.24) is 9.88 Å². The molecular weight excluding hydrogens is 1200 g/mol. The molecule has 0 amide bonds. The number of aromatic nitrogens is 4. The maximum atomic E-state index is 11.0. The number of rotatable bonds is 43. The number of unbranched alkanes of at least 4 members (excludes halogenated alkanes) is 24. The fourth-order valence-corrected chi connectivity index (χ4v) is 13.3. The lowest BCUT2D eigenvalue weighted by Crippen LogP contribution is -2.32. The van der Waals surface area contributed by atoms with Gasteiger partial charge in [-0.3, -0.25) is 19.2 Å². The molecule has 4 aromatic heterocycles. The number of carbonyl (C=O) groups is 4. The first kappa shape index (κ1) is 71.4. The van der Waals surface area contributed by atoms with E-state index in [1.807, 2.05) is 0 Å². The van der Waals surface area contributed by atoms with Crippen molar-refractivity contribution in [1.29, 1.82) is 0 Å². The third-order valence-corrected chi connectivity index (χ3v) is 18.6. The number of aliphatic carboxylic acids is 4. The van der Waals surface area contributed by atoms with E-state index in [4.69, 9.17) is 35.4 Å². The highest BCUT2D eigenvalue weighted by atomic mass is 16.4. The number of carboxylic acid groups (broad SMARTS) is 4. The van der Waals surface area contributed by atoms with Gasteiger partial charge in [0, 0.05) is 134 Å². The summed E-state index contributed by atoms with van der Waals surface area (Å²) in [4.78, 5) is 66.8. The van der Waals surface area contributed by atoms with Gasteiger partial charge in [0.25, 0.3) is 0 Å². The van der Waals surface area contributed by atoms with E-state index in [-0.39, 0.29) is 25.7 Å². The molecule has 0 saturated heterocycles. The molecule has 8 bridgehead atoms. The number of aromatic amines is 1. The number of aryl methyl sites for hydroxylation is 3. The Bertz CT molecular complexity index is 3660. The molecule has 5 N–H and O–H groups in total. The van der Waals surface area contributed by atoms with Crippen LogP contribution in [0.3, 0.4) is 0 Å². The van der Waals surface area contributed by atoms with E-state index in [1.54, 1.807) is 0 Å². The number of carboxylic acids is 4. The van der Waals surface area contributed by atoms with Gasteiger partial charge in [0.1, 0.15) is 19.6 Å². The van der Waals surface area contributed by atoms with Crippen LogP contribution in [0.1, 0.15) is 234 Å². The van der Waals surface area contributed by atoms with Crippen LogP contribution in [0.25, 0.3) is 16.7 Å². The van der Waals surface area contributed by atoms with Crippen LogP contribution < -0.4 is 13.7 Å². The standard InChI is InChI=1S/C80H98N8O8/c89-73(90)29-21-13-5-1-9-17-25-49-85-53-41-61(42-54-85)77-65-33-35-67(81-65)78(62-43-55-86(56-44-62)50-26-18-10-2-6-14-22-30-74(91)92)69-37-39-71(83-69)80(64-47-59-88(60-48-64)52-28-20-12-4-8-16-24-32-76(95)96)72-40-38-70(84-72)79(68-36-34-66(77)82-68)63-45-57-87(58-46-63)51-27-19-11-3-7-15-23-31-75(93)94/h33-48,53-60H,1-32,49-52H2,(H2-3,81,82,83,84,89,90,91,92,93,94,95,96)/p+3. The van der Waals surface area contributed by atoms with Crippen molar-refractivity contribution in [3.8, 4) is 0 Å². The minimum Gasteiger partial charge on any atom is -0.481 e. The van der Waals surface area contributed by atoms with Gasteiger partial charge in [-0.15, -0.1) is 0 Å². The molecule has 0 aromatic carbocycles. The lowest BCUT2D eigenvalue weighted by Gasteiger charge is -2.20. The molecule has 9 rings (SSSR count). The molecule has 506 valence electrons. The largest absolute Gasteiger partial charge is 0.481 e. The van der Waals surface area contributed by atoms with E-state index in [0.717, 1.165) is 296 Å². The Labute approximate surface area is 567 Å². The van der Waals surface area contributed by atoms with E-state index >= 15 is 0 Å². The van der Waals surface area contributed by atoms with Crippen LogP contribution in [0.15, 0.2) is 190 Å². The number of allylic oxidation sites excluding steroid dienone is 11. The molecule has 5 aliphatic heterocycles. The van der Waals surface area contributed by atoms with Crippen molar-refractivity contribution in [2.24, 2.45) is 15.0 Å². The molecule has 0 atom stereocenters. The highest BCUT2D eigenvalue weighted by Gasteiger charge is 2.28. The summed E-state index contributed by atoms with van der Waals surface area (Å²) < 4.78 is 6.77. The summed E-state index contributed by atoms with van der Waals surface area (Å²) in [6.45, 7) is 3.58. The average molecular weight is 1300 g/mol. The zero-order valence-electron chi connectivity index (χ0n) is 56.4. The Kier molecular flexibility index (Phi) is 28.7. The Morgan fingerprint density at radius 1 is 0.323 bits per heavy atom. The van der Waals surface area contributed by atoms with E-state index in [0.29, 0.717) is 0 Å². The highest BCUT2D eigenvalue weighted by molar-refractivity contribution is 6.36. The number of aliphatic imine (C=N–C) groups is 3. The quantitative estimate of drug-likeness (QED) is 0.0210. The number of nitrogens with zero attached hydrogens (tertiary/aromatic N) is 7. The minimum absolute atomic E-state index is 0.246. The number of hydrogen-bond acceptors (Lipinski definition) is 8. The normalized spacial score (nSPS) is 14.8. The van der Waals surface area contributed by atoms with Crippen molar-refractivity contribution < 1.29 is 53.3 Å². The van der Waals surface area contributed by atoms with Gasteiger partial charge in [-0.2, -0.15) is 0 Å². The molecule has 0 radical (unpaired) electrons. The second kappa shape index (κ2) is 38.6. The predicted octanol–water partition coefficient (Wildman–Crippen LogP) is 16.3. The van der Waals surface area contributed by atoms with Gasteiger partial charge in [0.15, 0.2) is 37.2 Å². The van der Waals surface area contributed by atoms with Gasteiger partial charge in [0.2, 0.25) is 0 Å². The van der Waals surface area contributed by atoms with E-state index < -0.39 is 23.9 Å². The topological polar surface area (TPSA) is 217 Å². The molecular formula is C80H101N8O8+3. The maximum absolute atomic E-state index is 11.0. The van der Waals surface area contributed by atoms with Gasteiger partial charge in [0.05, 0.1) is 34.2 Å². The number of fused-ring (bicyclic) bond motifs is 5. The van der Waals surface area contributed by atoms with E-state index in [2.05, 4.69) is 170 Å². The number of hydrogen-bond donors (Lipinski definition) is 5. The second-order valence-electron chi connectivity index (χ2n) is 26.2. The lowest BCUT2D eigenvalue weighted by atomic mass is 9.97. The molecule has 16 heteroatoms. The summed E-state index contributed by atoms with van der Waals surface area (Å²) in [7, 11) is 0. The smallest absolute Gasteiger partial charge is 0.303 e. The molecule has 5 aliphatic rings. The van der Waals surface area contributed by atoms with Gasteiger partial charge >= 0.3 is 23.9 Å². The first-order valence-corrected chi connectivity index (χ1v) is 35.9. The van der Waals surface area contributed by atoms with Crippen LogP contribution in [-0.4, -0.2) is 77.9 Å². The molecule has 0 fully saturated rings. The molecule has 0 aliphatic carbocycles. The Morgan fingerprint density at radius 3 is 0.938 bits per heavy atom. The first-order valence-electron chi connectivity index (χ1n) is 35.9. The Hall–Kier alpha value is -8.92. The molecule has 9 heterocycles. The van der Waals surface area contributed by atoms with Crippen LogP contribution in [0.2, 0.25) is 0 Å². The van der Waals surface area contributed by atoms with Gasteiger partial charge in [-0.1, -0.05) is 109 Å². The first-order chi connectivity index (χ1) is 46.9. The predicted molar refractivity (Wildman–Crippen MR) is 380 cm³/mol. The monoisotopic (exact) mass is 1300 g/mol. The highest BCUT2D eigenvalue weighted by Crippen LogP contribution is 2.38. The lowest BCUT2D eigenvalue weighted by molar-refractivity contribution is -0.697. The fraction of sp³-hybridized carbons (Fsp3) is 0.450. The fourth-order valence-electron chi connectivity index (χ4n) is 13.3. The summed E-state index contributed by atoms with van der Waals surface area (Å²) in [5.74, 6) is -2.87. The zero-order chi connectivity index (χ0) is 67.1. The van der Waals surface area contributed by atoms with Crippen LogP contribution in [0, 0.1) is 0 Å². The van der Waals surface area contributed by atoms with E-state index in [9.17, 15) is 19.2 Å². The molecule has 0 spiro atoms. The number of pyridine rings is 3. The maximum Gasteiger partial charge on any atom is 0.303 e. The van der Waals surface area contributed by atoms with Crippen molar-refractivity contribution in [2.75, 3.05) is 6.54 Å². The van der Waals surface area contributed by atoms with Crippen molar-refractivity contribution in [2.45, 2.75) is 225 Å². The summed E-state index contributed by atoms with van der Waals surface area (Å²) in [5.41, 5.74) is 14.6. The average Bonchev–Trinajstić information content (AvgIpc) is 1.61.